The second-order valence-electron chi connectivity index (χ2n) is 15.7. The molecule has 2 nitrogen and oxygen atoms in total. The van der Waals surface area contributed by atoms with Crippen LogP contribution in [0.3, 0.4) is 0 Å². The summed E-state index contributed by atoms with van der Waals surface area (Å²) in [6.07, 6.45) is 0. The SMILES string of the molecule is CC1(C)c2ccccc2-c2ccc(N(c3ccc(-c4ccccc4)cc3)c3cc4c(oc5cccc(-c6ccc(-c7ccccc7)cc6)c54)c4ccccc34)cc21. The Morgan fingerprint density at radius 1 is 0.386 bits per heavy atom. The van der Waals surface area contributed by atoms with Gasteiger partial charge in [0.1, 0.15) is 11.2 Å². The Morgan fingerprint density at radius 2 is 0.930 bits per heavy atom. The number of hydrogen-bond acceptors (Lipinski definition) is 2. The van der Waals surface area contributed by atoms with Crippen molar-refractivity contribution in [3.63, 3.8) is 0 Å². The smallest absolute Gasteiger partial charge is 0.143 e. The van der Waals surface area contributed by atoms with Gasteiger partial charge in [-0.1, -0.05) is 178 Å². The lowest BCUT2D eigenvalue weighted by atomic mass is 9.82. The number of furan rings is 1. The Bertz CT molecular complexity index is 3120. The maximum absolute atomic E-state index is 6.84. The number of anilines is 3. The molecule has 0 amide bonds. The molecule has 0 atom stereocenters. The molecule has 0 fully saturated rings. The van der Waals surface area contributed by atoms with Crippen molar-refractivity contribution in [2.24, 2.45) is 0 Å². The second-order valence-corrected chi connectivity index (χ2v) is 15.7. The predicted octanol–water partition coefficient (Wildman–Crippen LogP) is 15.5. The molecular formula is C55H39NO. The molecule has 1 aromatic heterocycles. The van der Waals surface area contributed by atoms with E-state index in [9.17, 15) is 0 Å². The van der Waals surface area contributed by atoms with Crippen LogP contribution in [0.1, 0.15) is 25.0 Å². The minimum Gasteiger partial charge on any atom is -0.455 e. The van der Waals surface area contributed by atoms with E-state index in [0.717, 1.165) is 60.9 Å². The zero-order chi connectivity index (χ0) is 38.1. The van der Waals surface area contributed by atoms with Crippen LogP contribution in [0, 0.1) is 0 Å². The topological polar surface area (TPSA) is 16.4 Å². The molecule has 10 aromatic rings. The highest BCUT2D eigenvalue weighted by Crippen LogP contribution is 2.52. The van der Waals surface area contributed by atoms with Crippen molar-refractivity contribution in [3.8, 4) is 44.5 Å². The summed E-state index contributed by atoms with van der Waals surface area (Å²) in [6, 6.07) is 72.5. The molecule has 0 saturated heterocycles. The Balaban J connectivity index is 1.14. The molecule has 270 valence electrons. The highest BCUT2D eigenvalue weighted by molar-refractivity contribution is 6.22. The van der Waals surface area contributed by atoms with Gasteiger partial charge in [-0.25, -0.2) is 0 Å². The Labute approximate surface area is 332 Å². The molecule has 0 bridgehead atoms. The van der Waals surface area contributed by atoms with Crippen LogP contribution < -0.4 is 4.90 Å². The molecule has 1 heterocycles. The third-order valence-corrected chi connectivity index (χ3v) is 12.1. The van der Waals surface area contributed by atoms with E-state index in [-0.39, 0.29) is 5.41 Å². The van der Waals surface area contributed by atoms with Crippen LogP contribution in [0.2, 0.25) is 0 Å². The van der Waals surface area contributed by atoms with Crippen molar-refractivity contribution >= 4 is 49.8 Å². The molecule has 0 radical (unpaired) electrons. The van der Waals surface area contributed by atoms with Gasteiger partial charge in [-0.2, -0.15) is 0 Å². The molecule has 0 saturated carbocycles. The van der Waals surface area contributed by atoms with Crippen LogP contribution in [-0.2, 0) is 5.41 Å². The quantitative estimate of drug-likeness (QED) is 0.169. The minimum atomic E-state index is -0.136. The van der Waals surface area contributed by atoms with Gasteiger partial charge in [0.2, 0.25) is 0 Å². The molecule has 11 rings (SSSR count). The predicted molar refractivity (Wildman–Crippen MR) is 240 cm³/mol. The average molecular weight is 730 g/mol. The second kappa shape index (κ2) is 13.0. The first-order valence-corrected chi connectivity index (χ1v) is 19.8. The van der Waals surface area contributed by atoms with Crippen LogP contribution in [0.15, 0.2) is 205 Å². The normalized spacial score (nSPS) is 12.9. The first kappa shape index (κ1) is 33.2. The fraction of sp³-hybridized carbons (Fsp3) is 0.0545. The standard InChI is InChI=1S/C55H39NO/c1-55(2)49-22-12-11-18-44(49)45-33-32-42(34-50(45)55)56(41-30-28-39(29-31-41)37-16-7-4-8-17-37)51-35-48-53-43(40-26-24-38(25-27-40)36-14-5-3-6-15-36)21-13-23-52(53)57-54(48)47-20-10-9-19-46(47)51/h3-35H,1-2H3. The lowest BCUT2D eigenvalue weighted by Gasteiger charge is -2.29. The van der Waals surface area contributed by atoms with Crippen molar-refractivity contribution in [2.45, 2.75) is 19.3 Å². The molecule has 2 heteroatoms. The van der Waals surface area contributed by atoms with Crippen molar-refractivity contribution in [2.75, 3.05) is 4.90 Å². The van der Waals surface area contributed by atoms with E-state index < -0.39 is 0 Å². The molecule has 9 aromatic carbocycles. The molecular weight excluding hydrogens is 691 g/mol. The van der Waals surface area contributed by atoms with E-state index in [2.05, 4.69) is 219 Å². The van der Waals surface area contributed by atoms with E-state index in [1.165, 1.54) is 44.5 Å². The lowest BCUT2D eigenvalue weighted by Crippen LogP contribution is -2.16. The van der Waals surface area contributed by atoms with E-state index in [1.807, 2.05) is 0 Å². The number of fused-ring (bicyclic) bond motifs is 8. The van der Waals surface area contributed by atoms with E-state index in [1.54, 1.807) is 0 Å². The summed E-state index contributed by atoms with van der Waals surface area (Å²) in [7, 11) is 0. The summed E-state index contributed by atoms with van der Waals surface area (Å²) >= 11 is 0. The van der Waals surface area contributed by atoms with Crippen molar-refractivity contribution in [3.05, 3.63) is 211 Å². The Morgan fingerprint density at radius 3 is 1.65 bits per heavy atom. The van der Waals surface area contributed by atoms with Gasteiger partial charge in [0, 0.05) is 38.3 Å². The van der Waals surface area contributed by atoms with E-state index in [4.69, 9.17) is 4.42 Å². The fourth-order valence-electron chi connectivity index (χ4n) is 9.22. The lowest BCUT2D eigenvalue weighted by molar-refractivity contribution is 0.660. The van der Waals surface area contributed by atoms with Crippen LogP contribution >= 0.6 is 0 Å². The van der Waals surface area contributed by atoms with Gasteiger partial charge < -0.3 is 9.32 Å². The van der Waals surface area contributed by atoms with E-state index in [0.29, 0.717) is 0 Å². The van der Waals surface area contributed by atoms with Gasteiger partial charge in [0.05, 0.1) is 5.69 Å². The molecule has 1 aliphatic rings. The first-order valence-electron chi connectivity index (χ1n) is 19.8. The third kappa shape index (κ3) is 5.33. The number of rotatable bonds is 6. The molecule has 57 heavy (non-hydrogen) atoms. The van der Waals surface area contributed by atoms with Gasteiger partial charge >= 0.3 is 0 Å². The summed E-state index contributed by atoms with van der Waals surface area (Å²) < 4.78 is 6.84. The van der Waals surface area contributed by atoms with Gasteiger partial charge in [-0.3, -0.25) is 0 Å². The average Bonchev–Trinajstić information content (AvgIpc) is 3.77. The summed E-state index contributed by atoms with van der Waals surface area (Å²) in [4.78, 5) is 2.45. The van der Waals surface area contributed by atoms with Gasteiger partial charge in [-0.05, 0) is 92.0 Å². The van der Waals surface area contributed by atoms with E-state index >= 15 is 0 Å². The molecule has 0 N–H and O–H groups in total. The highest BCUT2D eigenvalue weighted by Gasteiger charge is 2.36. The van der Waals surface area contributed by atoms with Crippen molar-refractivity contribution in [1.82, 2.24) is 0 Å². The molecule has 1 aliphatic carbocycles. The number of benzene rings is 9. The largest absolute Gasteiger partial charge is 0.455 e. The summed E-state index contributed by atoms with van der Waals surface area (Å²) in [5.41, 5.74) is 17.4. The molecule has 0 spiro atoms. The minimum absolute atomic E-state index is 0.136. The molecule has 0 aliphatic heterocycles. The Kier molecular flexibility index (Phi) is 7.55. The van der Waals surface area contributed by atoms with Crippen LogP contribution in [0.4, 0.5) is 17.1 Å². The fourth-order valence-corrected chi connectivity index (χ4v) is 9.22. The highest BCUT2D eigenvalue weighted by atomic mass is 16.3. The monoisotopic (exact) mass is 729 g/mol. The van der Waals surface area contributed by atoms with Crippen molar-refractivity contribution < 1.29 is 4.42 Å². The van der Waals surface area contributed by atoms with Crippen LogP contribution in [0.5, 0.6) is 0 Å². The van der Waals surface area contributed by atoms with Crippen LogP contribution in [-0.4, -0.2) is 0 Å². The Hall–Kier alpha value is -7.16. The van der Waals surface area contributed by atoms with Gasteiger partial charge in [0.15, 0.2) is 0 Å². The molecule has 0 unspecified atom stereocenters. The number of nitrogens with zero attached hydrogens (tertiary/aromatic N) is 1. The third-order valence-electron chi connectivity index (χ3n) is 12.1. The van der Waals surface area contributed by atoms with Gasteiger partial charge in [-0.15, -0.1) is 0 Å². The first-order chi connectivity index (χ1) is 28.0. The number of hydrogen-bond donors (Lipinski definition) is 0. The zero-order valence-electron chi connectivity index (χ0n) is 31.9. The van der Waals surface area contributed by atoms with Crippen LogP contribution in [0.25, 0.3) is 77.2 Å². The summed E-state index contributed by atoms with van der Waals surface area (Å²) in [5, 5.41) is 4.44. The van der Waals surface area contributed by atoms with Gasteiger partial charge in [0.25, 0.3) is 0 Å². The maximum Gasteiger partial charge on any atom is 0.143 e. The maximum atomic E-state index is 6.84. The summed E-state index contributed by atoms with van der Waals surface area (Å²) in [5.74, 6) is 0. The zero-order valence-corrected chi connectivity index (χ0v) is 31.9. The van der Waals surface area contributed by atoms with Crippen molar-refractivity contribution in [1.29, 1.82) is 0 Å². The summed E-state index contributed by atoms with van der Waals surface area (Å²) in [6.45, 7) is 4.71.